The lowest BCUT2D eigenvalue weighted by atomic mass is 9.96. The van der Waals surface area contributed by atoms with E-state index in [1.165, 1.54) is 6.33 Å². The van der Waals surface area contributed by atoms with Crippen LogP contribution in [0.4, 0.5) is 0 Å². The molecule has 1 aliphatic rings. The maximum Gasteiger partial charge on any atom is 0.253 e. The van der Waals surface area contributed by atoms with E-state index in [-0.39, 0.29) is 24.3 Å². The Hall–Kier alpha value is -2.29. The predicted molar refractivity (Wildman–Crippen MR) is 101 cm³/mol. The van der Waals surface area contributed by atoms with Crippen molar-refractivity contribution in [3.05, 3.63) is 36.2 Å². The van der Waals surface area contributed by atoms with E-state index < -0.39 is 0 Å². The van der Waals surface area contributed by atoms with Crippen LogP contribution < -0.4 is 0 Å². The van der Waals surface area contributed by atoms with Crippen molar-refractivity contribution in [1.82, 2.24) is 25.0 Å². The minimum absolute atomic E-state index is 0.000357. The number of hydrogen-bond acceptors (Lipinski definition) is 6. The van der Waals surface area contributed by atoms with Crippen molar-refractivity contribution in [1.29, 1.82) is 0 Å². The molecule has 0 saturated carbocycles. The maximum absolute atomic E-state index is 12.9. The minimum Gasteiger partial charge on any atom is -0.396 e. The number of rotatable bonds is 8. The summed E-state index contributed by atoms with van der Waals surface area (Å²) in [5.74, 6) is 1.04. The molecule has 27 heavy (non-hydrogen) atoms. The molecule has 146 valence electrons. The Morgan fingerprint density at radius 2 is 2.07 bits per heavy atom. The Bertz CT molecular complexity index is 719. The van der Waals surface area contributed by atoms with E-state index in [4.69, 9.17) is 4.74 Å². The second-order valence-corrected chi connectivity index (χ2v) is 7.08. The highest BCUT2D eigenvalue weighted by atomic mass is 16.5. The second-order valence-electron chi connectivity index (χ2n) is 7.08. The van der Waals surface area contributed by atoms with Crippen LogP contribution in [0.3, 0.4) is 0 Å². The quantitative estimate of drug-likeness (QED) is 0.708. The molecule has 1 aliphatic heterocycles. The van der Waals surface area contributed by atoms with Gasteiger partial charge >= 0.3 is 0 Å². The fourth-order valence-corrected chi connectivity index (χ4v) is 3.55. The molecule has 1 aromatic carbocycles. The van der Waals surface area contributed by atoms with Gasteiger partial charge in [-0.05, 0) is 25.1 Å². The number of hydrogen-bond donors (Lipinski definition) is 2. The van der Waals surface area contributed by atoms with Gasteiger partial charge in [-0.3, -0.25) is 9.89 Å². The zero-order valence-corrected chi connectivity index (χ0v) is 15.8. The number of H-pyrrole nitrogens is 1. The molecule has 0 spiro atoms. The van der Waals surface area contributed by atoms with Crippen LogP contribution in [0.25, 0.3) is 11.4 Å². The number of ether oxygens (including phenoxy) is 1. The zero-order valence-electron chi connectivity index (χ0n) is 15.8. The Balaban J connectivity index is 1.63. The van der Waals surface area contributed by atoms with Gasteiger partial charge in [-0.15, -0.1) is 0 Å². The van der Waals surface area contributed by atoms with Crippen molar-refractivity contribution >= 4 is 5.91 Å². The lowest BCUT2D eigenvalue weighted by Gasteiger charge is -2.23. The molecule has 3 rings (SSSR count). The molecule has 1 saturated heterocycles. The molecule has 0 aliphatic carbocycles. The first-order valence-corrected chi connectivity index (χ1v) is 9.15. The van der Waals surface area contributed by atoms with Crippen molar-refractivity contribution in [2.75, 3.05) is 53.6 Å². The van der Waals surface area contributed by atoms with E-state index in [1.807, 2.05) is 36.2 Å². The van der Waals surface area contributed by atoms with Gasteiger partial charge in [0.2, 0.25) is 0 Å². The molecular formula is C19H27N5O3. The highest BCUT2D eigenvalue weighted by Gasteiger charge is 2.35. The molecule has 8 nitrogen and oxygen atoms in total. The summed E-state index contributed by atoms with van der Waals surface area (Å²) in [6, 6.07) is 7.35. The molecule has 0 radical (unpaired) electrons. The molecule has 2 heterocycles. The van der Waals surface area contributed by atoms with E-state index in [1.54, 1.807) is 7.11 Å². The summed E-state index contributed by atoms with van der Waals surface area (Å²) in [5.41, 5.74) is 1.53. The number of aromatic amines is 1. The lowest BCUT2D eigenvalue weighted by Crippen LogP contribution is -2.33. The van der Waals surface area contributed by atoms with Crippen molar-refractivity contribution < 1.29 is 14.6 Å². The van der Waals surface area contributed by atoms with E-state index >= 15 is 0 Å². The molecule has 2 aromatic rings. The maximum atomic E-state index is 12.9. The van der Waals surface area contributed by atoms with Gasteiger partial charge < -0.3 is 19.6 Å². The average Bonchev–Trinajstić information content (AvgIpc) is 3.36. The highest BCUT2D eigenvalue weighted by Crippen LogP contribution is 2.26. The van der Waals surface area contributed by atoms with Crippen LogP contribution in [0.1, 0.15) is 10.4 Å². The van der Waals surface area contributed by atoms with Gasteiger partial charge in [0.15, 0.2) is 5.82 Å². The van der Waals surface area contributed by atoms with Gasteiger partial charge in [0.1, 0.15) is 6.33 Å². The Morgan fingerprint density at radius 3 is 2.70 bits per heavy atom. The number of benzene rings is 1. The van der Waals surface area contributed by atoms with Crippen LogP contribution in [0.2, 0.25) is 0 Å². The third kappa shape index (κ3) is 4.71. The van der Waals surface area contributed by atoms with Crippen LogP contribution in [0, 0.1) is 11.8 Å². The molecule has 2 N–H and O–H groups in total. The van der Waals surface area contributed by atoms with Gasteiger partial charge in [0.05, 0.1) is 6.61 Å². The minimum atomic E-state index is -0.000357. The summed E-state index contributed by atoms with van der Waals surface area (Å²) in [6.07, 6.45) is 1.46. The number of carbonyl (C=O) groups is 1. The first kappa shape index (κ1) is 19.5. The molecule has 1 aromatic heterocycles. The molecule has 1 amide bonds. The number of nitrogens with zero attached hydrogens (tertiary/aromatic N) is 4. The standard InChI is InChI=1S/C19H27N5O3/c1-23(7-8-27-2)9-16-10-24(11-17(16)12-25)19(26)15-5-3-14(4-6-15)18-20-13-21-22-18/h3-6,13,16-17,25H,7-12H2,1-2H3,(H,20,21,22)/t16-,17-/m1/s1. The molecule has 1 fully saturated rings. The molecule has 0 unspecified atom stereocenters. The van der Waals surface area contributed by atoms with Crippen LogP contribution in [0.5, 0.6) is 0 Å². The summed E-state index contributed by atoms with van der Waals surface area (Å²) < 4.78 is 5.12. The van der Waals surface area contributed by atoms with Gasteiger partial charge in [-0.25, -0.2) is 4.98 Å². The third-order valence-electron chi connectivity index (χ3n) is 5.14. The van der Waals surface area contributed by atoms with Crippen LogP contribution >= 0.6 is 0 Å². The fourth-order valence-electron chi connectivity index (χ4n) is 3.55. The lowest BCUT2D eigenvalue weighted by molar-refractivity contribution is 0.0778. The number of nitrogens with one attached hydrogen (secondary N) is 1. The number of carbonyl (C=O) groups excluding carboxylic acids is 1. The Labute approximate surface area is 159 Å². The van der Waals surface area contributed by atoms with Crippen LogP contribution in [-0.4, -0.2) is 89.5 Å². The number of amides is 1. The predicted octanol–water partition coefficient (Wildman–Crippen LogP) is 0.730. The van der Waals surface area contributed by atoms with Crippen molar-refractivity contribution in [3.8, 4) is 11.4 Å². The van der Waals surface area contributed by atoms with Crippen LogP contribution in [-0.2, 0) is 4.74 Å². The normalized spacial score (nSPS) is 19.8. The van der Waals surface area contributed by atoms with E-state index in [0.717, 1.165) is 18.7 Å². The summed E-state index contributed by atoms with van der Waals surface area (Å²) in [6.45, 7) is 3.68. The summed E-state index contributed by atoms with van der Waals surface area (Å²) in [4.78, 5) is 21.0. The number of methoxy groups -OCH3 is 1. The monoisotopic (exact) mass is 373 g/mol. The first-order valence-electron chi connectivity index (χ1n) is 9.15. The smallest absolute Gasteiger partial charge is 0.253 e. The summed E-state index contributed by atoms with van der Waals surface area (Å²) >= 11 is 0. The molecule has 8 heteroatoms. The average molecular weight is 373 g/mol. The number of aliphatic hydroxyl groups excluding tert-OH is 1. The number of aromatic nitrogens is 3. The number of aliphatic hydroxyl groups is 1. The summed E-state index contributed by atoms with van der Waals surface area (Å²) in [5, 5.41) is 16.4. The van der Waals surface area contributed by atoms with Gasteiger partial charge in [0.25, 0.3) is 5.91 Å². The SMILES string of the molecule is COCCN(C)C[C@@H]1CN(C(=O)c2ccc(-c3ncn[nH]3)cc2)C[C@@H]1CO. The molecule has 0 bridgehead atoms. The van der Waals surface area contributed by atoms with E-state index in [0.29, 0.717) is 31.1 Å². The van der Waals surface area contributed by atoms with E-state index in [2.05, 4.69) is 20.1 Å². The largest absolute Gasteiger partial charge is 0.396 e. The number of likely N-dealkylation sites (tertiary alicyclic amines) is 1. The highest BCUT2D eigenvalue weighted by molar-refractivity contribution is 5.94. The summed E-state index contributed by atoms with van der Waals surface area (Å²) in [7, 11) is 3.73. The zero-order chi connectivity index (χ0) is 19.2. The van der Waals surface area contributed by atoms with Gasteiger partial charge in [0, 0.05) is 56.9 Å². The van der Waals surface area contributed by atoms with Crippen molar-refractivity contribution in [2.45, 2.75) is 0 Å². The van der Waals surface area contributed by atoms with E-state index in [9.17, 15) is 9.90 Å². The van der Waals surface area contributed by atoms with Gasteiger partial charge in [-0.1, -0.05) is 12.1 Å². The molecule has 2 atom stereocenters. The third-order valence-corrected chi connectivity index (χ3v) is 5.14. The van der Waals surface area contributed by atoms with Crippen molar-refractivity contribution in [3.63, 3.8) is 0 Å². The topological polar surface area (TPSA) is 94.6 Å². The Kier molecular flexibility index (Phi) is 6.54. The molecular weight excluding hydrogens is 346 g/mol. The van der Waals surface area contributed by atoms with Gasteiger partial charge in [-0.2, -0.15) is 5.10 Å². The first-order chi connectivity index (χ1) is 13.1. The second kappa shape index (κ2) is 9.07. The fraction of sp³-hybridized carbons (Fsp3) is 0.526. The number of likely N-dealkylation sites (N-methyl/N-ethyl adjacent to an activating group) is 1. The van der Waals surface area contributed by atoms with Crippen LogP contribution in [0.15, 0.2) is 30.6 Å². The Morgan fingerprint density at radius 1 is 1.33 bits per heavy atom. The van der Waals surface area contributed by atoms with Crippen molar-refractivity contribution in [2.24, 2.45) is 11.8 Å².